The zero-order valence-electron chi connectivity index (χ0n) is 10.8. The number of imidazole rings is 1. The molecule has 0 saturated carbocycles. The maximum Gasteiger partial charge on any atom is 0.337 e. The Morgan fingerprint density at radius 3 is 2.68 bits per heavy atom. The van der Waals surface area contributed by atoms with Crippen LogP contribution in [0.3, 0.4) is 0 Å². The Kier molecular flexibility index (Phi) is 3.01. The Bertz CT molecular complexity index is 658. The van der Waals surface area contributed by atoms with Crippen LogP contribution in [-0.4, -0.2) is 26.5 Å². The number of benzene rings is 1. The molecule has 1 aromatic carbocycles. The molecule has 19 heavy (non-hydrogen) atoms. The van der Waals surface area contributed by atoms with Gasteiger partial charge < -0.3 is 15.4 Å². The second-order valence-electron chi connectivity index (χ2n) is 5.10. The van der Waals surface area contributed by atoms with E-state index >= 15 is 0 Å². The average molecular weight is 261 g/mol. The number of nitrogens with zero attached hydrogens (tertiary/aromatic N) is 2. The predicted octanol–water partition coefficient (Wildman–Crippen LogP) is 1.25. The third kappa shape index (κ3) is 2.29. The Balaban J connectivity index is 2.56. The van der Waals surface area contributed by atoms with Gasteiger partial charge in [-0.05, 0) is 26.0 Å². The molecule has 100 valence electrons. The molecule has 0 spiro atoms. The van der Waals surface area contributed by atoms with E-state index in [1.807, 2.05) is 0 Å². The van der Waals surface area contributed by atoms with Crippen LogP contribution in [0.1, 0.15) is 24.2 Å². The Morgan fingerprint density at radius 1 is 1.42 bits per heavy atom. The fourth-order valence-corrected chi connectivity index (χ4v) is 1.92. The van der Waals surface area contributed by atoms with E-state index in [1.165, 1.54) is 12.4 Å². The number of primary amides is 1. The largest absolute Gasteiger partial charge is 0.478 e. The van der Waals surface area contributed by atoms with E-state index in [0.717, 1.165) is 0 Å². The van der Waals surface area contributed by atoms with Crippen LogP contribution < -0.4 is 5.73 Å². The van der Waals surface area contributed by atoms with Gasteiger partial charge in [-0.25, -0.2) is 9.78 Å². The van der Waals surface area contributed by atoms with E-state index in [-0.39, 0.29) is 12.1 Å². The summed E-state index contributed by atoms with van der Waals surface area (Å²) in [6.45, 7) is 3.71. The van der Waals surface area contributed by atoms with Gasteiger partial charge in [-0.2, -0.15) is 0 Å². The van der Waals surface area contributed by atoms with Gasteiger partial charge >= 0.3 is 5.97 Å². The van der Waals surface area contributed by atoms with Crippen LogP contribution in [0.15, 0.2) is 24.5 Å². The molecule has 0 aliphatic rings. The molecule has 0 bridgehead atoms. The van der Waals surface area contributed by atoms with Crippen molar-refractivity contribution >= 4 is 22.9 Å². The van der Waals surface area contributed by atoms with Gasteiger partial charge in [0, 0.05) is 6.54 Å². The van der Waals surface area contributed by atoms with Crippen molar-refractivity contribution in [2.75, 3.05) is 0 Å². The molecule has 6 heteroatoms. The first kappa shape index (κ1) is 13.1. The first-order valence-corrected chi connectivity index (χ1v) is 5.80. The van der Waals surface area contributed by atoms with Crippen LogP contribution in [0, 0.1) is 5.41 Å². The molecule has 0 fully saturated rings. The number of carboxylic acid groups (broad SMARTS) is 1. The van der Waals surface area contributed by atoms with Gasteiger partial charge in [0.2, 0.25) is 5.91 Å². The molecule has 3 N–H and O–H groups in total. The molecule has 2 rings (SSSR count). The summed E-state index contributed by atoms with van der Waals surface area (Å²) in [5.41, 5.74) is 5.81. The van der Waals surface area contributed by atoms with Crippen LogP contribution in [0.4, 0.5) is 0 Å². The molecule has 1 amide bonds. The molecule has 1 aromatic heterocycles. The van der Waals surface area contributed by atoms with Crippen molar-refractivity contribution in [2.45, 2.75) is 20.4 Å². The second-order valence-corrected chi connectivity index (χ2v) is 5.10. The van der Waals surface area contributed by atoms with E-state index < -0.39 is 17.3 Å². The number of rotatable bonds is 4. The number of hydrogen-bond acceptors (Lipinski definition) is 3. The SMILES string of the molecule is CC(C)(Cn1cnc2cccc(C(=O)O)c21)C(N)=O. The quantitative estimate of drug-likeness (QED) is 0.865. The summed E-state index contributed by atoms with van der Waals surface area (Å²) in [6, 6.07) is 4.89. The van der Waals surface area contributed by atoms with Crippen molar-refractivity contribution in [3.05, 3.63) is 30.1 Å². The maximum atomic E-state index is 11.4. The van der Waals surface area contributed by atoms with E-state index in [2.05, 4.69) is 4.98 Å². The molecule has 0 aliphatic heterocycles. The lowest BCUT2D eigenvalue weighted by molar-refractivity contribution is -0.126. The Labute approximate surface area is 109 Å². The minimum absolute atomic E-state index is 0.162. The fraction of sp³-hybridized carbons (Fsp3) is 0.308. The summed E-state index contributed by atoms with van der Waals surface area (Å²) in [4.78, 5) is 26.8. The van der Waals surface area contributed by atoms with Crippen LogP contribution in [-0.2, 0) is 11.3 Å². The van der Waals surface area contributed by atoms with Crippen LogP contribution in [0.25, 0.3) is 11.0 Å². The smallest absolute Gasteiger partial charge is 0.337 e. The van der Waals surface area contributed by atoms with Crippen LogP contribution in [0.5, 0.6) is 0 Å². The highest BCUT2D eigenvalue weighted by Crippen LogP contribution is 2.23. The zero-order chi connectivity index (χ0) is 14.2. The first-order valence-electron chi connectivity index (χ1n) is 5.80. The summed E-state index contributed by atoms with van der Waals surface area (Å²) < 4.78 is 1.66. The van der Waals surface area contributed by atoms with Crippen molar-refractivity contribution < 1.29 is 14.7 Å². The van der Waals surface area contributed by atoms with Gasteiger partial charge in [0.15, 0.2) is 0 Å². The van der Waals surface area contributed by atoms with Gasteiger partial charge in [-0.3, -0.25) is 4.79 Å². The summed E-state index contributed by atoms with van der Waals surface area (Å²) in [7, 11) is 0. The minimum atomic E-state index is -1.02. The van der Waals surface area contributed by atoms with Crippen LogP contribution in [0.2, 0.25) is 0 Å². The highest BCUT2D eigenvalue weighted by atomic mass is 16.4. The Morgan fingerprint density at radius 2 is 2.11 bits per heavy atom. The fourth-order valence-electron chi connectivity index (χ4n) is 1.92. The number of para-hydroxylation sites is 1. The third-order valence-corrected chi connectivity index (χ3v) is 3.10. The van der Waals surface area contributed by atoms with Gasteiger partial charge in [0.1, 0.15) is 0 Å². The van der Waals surface area contributed by atoms with E-state index in [4.69, 9.17) is 5.73 Å². The summed E-state index contributed by atoms with van der Waals surface area (Å²) in [5, 5.41) is 9.20. The molecule has 6 nitrogen and oxygen atoms in total. The molecule has 0 aliphatic carbocycles. The number of aromatic nitrogens is 2. The minimum Gasteiger partial charge on any atom is -0.478 e. The van der Waals surface area contributed by atoms with Gasteiger partial charge in [-0.15, -0.1) is 0 Å². The monoisotopic (exact) mass is 261 g/mol. The number of nitrogens with two attached hydrogens (primary N) is 1. The molecule has 0 unspecified atom stereocenters. The second kappa shape index (κ2) is 4.38. The lowest BCUT2D eigenvalue weighted by atomic mass is 9.92. The highest BCUT2D eigenvalue weighted by molar-refractivity contribution is 6.01. The molecule has 0 atom stereocenters. The van der Waals surface area contributed by atoms with E-state index in [1.54, 1.807) is 30.5 Å². The van der Waals surface area contributed by atoms with Crippen molar-refractivity contribution in [3.8, 4) is 0 Å². The van der Waals surface area contributed by atoms with Crippen molar-refractivity contribution in [2.24, 2.45) is 11.1 Å². The average Bonchev–Trinajstić information content (AvgIpc) is 2.71. The molecular weight excluding hydrogens is 246 g/mol. The number of carbonyl (C=O) groups is 2. The normalized spacial score (nSPS) is 11.7. The lowest BCUT2D eigenvalue weighted by Gasteiger charge is -2.21. The van der Waals surface area contributed by atoms with E-state index in [9.17, 15) is 14.7 Å². The number of carbonyl (C=O) groups excluding carboxylic acids is 1. The van der Waals surface area contributed by atoms with Crippen molar-refractivity contribution in [1.82, 2.24) is 9.55 Å². The van der Waals surface area contributed by atoms with E-state index in [0.29, 0.717) is 11.0 Å². The van der Waals surface area contributed by atoms with Crippen molar-refractivity contribution in [3.63, 3.8) is 0 Å². The topological polar surface area (TPSA) is 98.2 Å². The zero-order valence-corrected chi connectivity index (χ0v) is 10.8. The number of amides is 1. The maximum absolute atomic E-state index is 11.4. The number of fused-ring (bicyclic) bond motifs is 1. The number of hydrogen-bond donors (Lipinski definition) is 2. The molecule has 0 radical (unpaired) electrons. The summed E-state index contributed by atoms with van der Waals surface area (Å²) in [5.74, 6) is -1.47. The van der Waals surface area contributed by atoms with Gasteiger partial charge in [0.25, 0.3) is 0 Å². The first-order chi connectivity index (χ1) is 8.83. The standard InChI is InChI=1S/C13H15N3O3/c1-13(2,12(14)19)6-16-7-15-9-5-3-4-8(10(9)16)11(17)18/h3-5,7H,6H2,1-2H3,(H2,14,19)(H,17,18). The predicted molar refractivity (Wildman–Crippen MR) is 69.7 cm³/mol. The van der Waals surface area contributed by atoms with Crippen molar-refractivity contribution in [1.29, 1.82) is 0 Å². The highest BCUT2D eigenvalue weighted by Gasteiger charge is 2.27. The third-order valence-electron chi connectivity index (χ3n) is 3.10. The number of carboxylic acids is 1. The molecule has 2 aromatic rings. The number of aromatic carboxylic acids is 1. The van der Waals surface area contributed by atoms with Crippen LogP contribution >= 0.6 is 0 Å². The summed E-state index contributed by atoms with van der Waals surface area (Å²) >= 11 is 0. The Hall–Kier alpha value is -2.37. The molecular formula is C13H15N3O3. The lowest BCUT2D eigenvalue weighted by Crippen LogP contribution is -2.35. The summed E-state index contributed by atoms with van der Waals surface area (Å²) in [6.07, 6.45) is 1.53. The molecule has 0 saturated heterocycles. The molecule has 1 heterocycles. The van der Waals surface area contributed by atoms with Gasteiger partial charge in [-0.1, -0.05) is 6.07 Å². The van der Waals surface area contributed by atoms with Gasteiger partial charge in [0.05, 0.1) is 28.3 Å².